The first-order chi connectivity index (χ1) is 9.95. The summed E-state index contributed by atoms with van der Waals surface area (Å²) in [5.41, 5.74) is 3.96. The van der Waals surface area contributed by atoms with Crippen LogP contribution >= 0.6 is 0 Å². The van der Waals surface area contributed by atoms with Crippen LogP contribution in [-0.4, -0.2) is 59.9 Å². The number of nitrogens with two attached hydrogens (primary N) is 1. The van der Waals surface area contributed by atoms with Gasteiger partial charge in [0.15, 0.2) is 0 Å². The number of fused-ring (bicyclic) bond motifs is 2. The molecule has 0 bridgehead atoms. The third-order valence-corrected chi connectivity index (χ3v) is 4.85. The fraction of sp³-hybridized carbons (Fsp3) is 0.538. The molecule has 5 atom stereocenters. The van der Waals surface area contributed by atoms with Crippen molar-refractivity contribution in [2.24, 2.45) is 0 Å². The second-order valence-corrected chi connectivity index (χ2v) is 5.84. The molecule has 1 unspecified atom stereocenters. The van der Waals surface area contributed by atoms with Crippen molar-refractivity contribution in [1.82, 2.24) is 14.5 Å². The molecule has 1 saturated heterocycles. The van der Waals surface area contributed by atoms with Gasteiger partial charge in [-0.05, 0) is 13.0 Å². The van der Waals surface area contributed by atoms with E-state index in [0.29, 0.717) is 16.9 Å². The number of aliphatic hydroxyl groups is 3. The number of aromatic nitrogens is 3. The molecular weight excluding hydrogens is 276 g/mol. The fourth-order valence-electron chi connectivity index (χ4n) is 3.67. The van der Waals surface area contributed by atoms with Gasteiger partial charge in [-0.25, -0.2) is 9.97 Å². The molecule has 0 aromatic carbocycles. The lowest BCUT2D eigenvalue weighted by molar-refractivity contribution is -0.0726. The topological polar surface area (TPSA) is 127 Å². The van der Waals surface area contributed by atoms with Gasteiger partial charge in [0.05, 0.1) is 12.0 Å². The molecule has 1 aliphatic heterocycles. The Hall–Kier alpha value is -1.74. The molecule has 8 heteroatoms. The third-order valence-electron chi connectivity index (χ3n) is 4.85. The standard InChI is InChI=1S/C13H16N4O4/c1-12-11(13(12,20)8(19)7(4-18)21-12)17-3-2-6-9(14)15-5-16-10(6)17/h2-3,5,7-8,11,18-20H,4H2,1H3,(H2,14,15,16)/t7-,8+,11-,12?,13-/m1/s1. The summed E-state index contributed by atoms with van der Waals surface area (Å²) in [7, 11) is 0. The minimum absolute atomic E-state index is 0.340. The lowest BCUT2D eigenvalue weighted by Gasteiger charge is -2.22. The third kappa shape index (κ3) is 1.29. The van der Waals surface area contributed by atoms with Crippen LogP contribution in [0.5, 0.6) is 0 Å². The summed E-state index contributed by atoms with van der Waals surface area (Å²) in [6.45, 7) is 1.38. The van der Waals surface area contributed by atoms with Crippen LogP contribution in [0, 0.1) is 0 Å². The molecule has 5 N–H and O–H groups in total. The second kappa shape index (κ2) is 3.72. The summed E-state index contributed by atoms with van der Waals surface area (Å²) in [5, 5.41) is 30.9. The van der Waals surface area contributed by atoms with Gasteiger partial charge in [-0.15, -0.1) is 0 Å². The maximum atomic E-state index is 10.8. The average Bonchev–Trinajstić information content (AvgIpc) is 2.77. The Morgan fingerprint density at radius 3 is 2.86 bits per heavy atom. The maximum Gasteiger partial charge on any atom is 0.147 e. The van der Waals surface area contributed by atoms with Crippen molar-refractivity contribution in [1.29, 1.82) is 0 Å². The summed E-state index contributed by atoms with van der Waals surface area (Å²) in [6, 6.07) is 1.27. The van der Waals surface area contributed by atoms with E-state index in [9.17, 15) is 15.3 Å². The van der Waals surface area contributed by atoms with Gasteiger partial charge in [-0.3, -0.25) is 0 Å². The number of ether oxygens (including phenoxy) is 1. The highest BCUT2D eigenvalue weighted by Crippen LogP contribution is 2.67. The molecule has 2 fully saturated rings. The van der Waals surface area contributed by atoms with E-state index in [1.165, 1.54) is 6.33 Å². The van der Waals surface area contributed by atoms with Gasteiger partial charge in [0.1, 0.15) is 47.2 Å². The van der Waals surface area contributed by atoms with Crippen LogP contribution in [0.25, 0.3) is 11.0 Å². The highest BCUT2D eigenvalue weighted by atomic mass is 16.6. The van der Waals surface area contributed by atoms with E-state index in [1.54, 1.807) is 23.8 Å². The highest BCUT2D eigenvalue weighted by Gasteiger charge is 2.85. The Bertz CT molecular complexity index is 734. The SMILES string of the molecule is CC12O[C@H](CO)[C@H](O)[C@@]1(O)[C@@H]2n1ccc2c(N)ncnc21. The van der Waals surface area contributed by atoms with E-state index in [0.717, 1.165) is 0 Å². The van der Waals surface area contributed by atoms with Gasteiger partial charge in [-0.2, -0.15) is 0 Å². The molecule has 4 rings (SSSR count). The normalized spacial score (nSPS) is 41.4. The number of nitrogens with zero attached hydrogens (tertiary/aromatic N) is 3. The number of anilines is 1. The second-order valence-electron chi connectivity index (χ2n) is 5.84. The zero-order valence-corrected chi connectivity index (χ0v) is 11.3. The molecule has 0 radical (unpaired) electrons. The van der Waals surface area contributed by atoms with Crippen molar-refractivity contribution in [3.63, 3.8) is 0 Å². The first kappa shape index (κ1) is 13.0. The van der Waals surface area contributed by atoms with E-state index < -0.39 is 29.5 Å². The molecule has 8 nitrogen and oxygen atoms in total. The molecule has 0 spiro atoms. The van der Waals surface area contributed by atoms with Crippen LogP contribution in [0.1, 0.15) is 13.0 Å². The predicted molar refractivity (Wildman–Crippen MR) is 72.3 cm³/mol. The van der Waals surface area contributed by atoms with Crippen LogP contribution in [0.15, 0.2) is 18.6 Å². The van der Waals surface area contributed by atoms with Crippen LogP contribution in [-0.2, 0) is 4.74 Å². The van der Waals surface area contributed by atoms with Gasteiger partial charge < -0.3 is 30.4 Å². The van der Waals surface area contributed by atoms with E-state index in [1.807, 2.05) is 0 Å². The Balaban J connectivity index is 1.81. The monoisotopic (exact) mass is 292 g/mol. The first-order valence-corrected chi connectivity index (χ1v) is 6.71. The molecule has 2 aromatic rings. The summed E-state index contributed by atoms with van der Waals surface area (Å²) in [5.74, 6) is 0.358. The van der Waals surface area contributed by atoms with Gasteiger partial charge >= 0.3 is 0 Å². The van der Waals surface area contributed by atoms with Crippen LogP contribution < -0.4 is 5.73 Å². The zero-order valence-electron chi connectivity index (χ0n) is 11.3. The van der Waals surface area contributed by atoms with Crippen LogP contribution in [0.4, 0.5) is 5.82 Å². The van der Waals surface area contributed by atoms with Crippen molar-refractivity contribution in [3.05, 3.63) is 18.6 Å². The van der Waals surface area contributed by atoms with E-state index in [-0.39, 0.29) is 6.61 Å². The van der Waals surface area contributed by atoms with Crippen molar-refractivity contribution < 1.29 is 20.1 Å². The Morgan fingerprint density at radius 2 is 2.24 bits per heavy atom. The first-order valence-electron chi connectivity index (χ1n) is 6.71. The Labute approximate surface area is 119 Å². The van der Waals surface area contributed by atoms with E-state index in [2.05, 4.69) is 9.97 Å². The van der Waals surface area contributed by atoms with Gasteiger partial charge in [-0.1, -0.05) is 0 Å². The van der Waals surface area contributed by atoms with Gasteiger partial charge in [0, 0.05) is 6.20 Å². The molecule has 0 amide bonds. The molecule has 3 heterocycles. The molecule has 2 aliphatic rings. The molecule has 21 heavy (non-hydrogen) atoms. The quantitative estimate of drug-likeness (QED) is 0.548. The molecule has 2 aromatic heterocycles. The maximum absolute atomic E-state index is 10.8. The lowest BCUT2D eigenvalue weighted by atomic mass is 10.1. The highest BCUT2D eigenvalue weighted by molar-refractivity contribution is 5.86. The number of rotatable bonds is 2. The van der Waals surface area contributed by atoms with Gasteiger partial charge in [0.25, 0.3) is 0 Å². The van der Waals surface area contributed by atoms with Crippen molar-refractivity contribution in [3.8, 4) is 0 Å². The smallest absolute Gasteiger partial charge is 0.147 e. The minimum Gasteiger partial charge on any atom is -0.394 e. The van der Waals surface area contributed by atoms with E-state index in [4.69, 9.17) is 10.5 Å². The largest absolute Gasteiger partial charge is 0.394 e. The summed E-state index contributed by atoms with van der Waals surface area (Å²) >= 11 is 0. The van der Waals surface area contributed by atoms with Crippen molar-refractivity contribution >= 4 is 16.9 Å². The van der Waals surface area contributed by atoms with Crippen molar-refractivity contribution in [2.45, 2.75) is 36.4 Å². The molecular formula is C13H16N4O4. The minimum atomic E-state index is -1.45. The van der Waals surface area contributed by atoms with Gasteiger partial charge in [0.2, 0.25) is 0 Å². The fourth-order valence-corrected chi connectivity index (χ4v) is 3.67. The number of aliphatic hydroxyl groups excluding tert-OH is 2. The van der Waals surface area contributed by atoms with Crippen molar-refractivity contribution in [2.75, 3.05) is 12.3 Å². The number of hydrogen-bond acceptors (Lipinski definition) is 7. The zero-order chi connectivity index (χ0) is 15.0. The average molecular weight is 292 g/mol. The van der Waals surface area contributed by atoms with Crippen LogP contribution in [0.2, 0.25) is 0 Å². The number of nitrogen functional groups attached to an aromatic ring is 1. The predicted octanol–water partition coefficient (Wildman–Crippen LogP) is -1.19. The van der Waals surface area contributed by atoms with Crippen LogP contribution in [0.3, 0.4) is 0 Å². The lowest BCUT2D eigenvalue weighted by Crippen LogP contribution is -2.39. The summed E-state index contributed by atoms with van der Waals surface area (Å²) in [6.07, 6.45) is 1.16. The summed E-state index contributed by atoms with van der Waals surface area (Å²) in [4.78, 5) is 8.12. The Kier molecular flexibility index (Phi) is 2.29. The number of hydrogen-bond donors (Lipinski definition) is 4. The summed E-state index contributed by atoms with van der Waals surface area (Å²) < 4.78 is 7.40. The molecule has 1 saturated carbocycles. The Morgan fingerprint density at radius 1 is 1.48 bits per heavy atom. The molecule has 112 valence electrons. The molecule has 1 aliphatic carbocycles. The van der Waals surface area contributed by atoms with E-state index >= 15 is 0 Å².